The van der Waals surface area contributed by atoms with Crippen LogP contribution in [0.1, 0.15) is 33.6 Å². The monoisotopic (exact) mass is 888 g/mol. The Balaban J connectivity index is 1.15. The molecule has 14 unspecified atom stereocenters. The molecule has 4 fully saturated rings. The normalized spacial score (nSPS) is 37.0. The second-order valence-electron chi connectivity index (χ2n) is 16.8. The van der Waals surface area contributed by atoms with Gasteiger partial charge in [-0.1, -0.05) is 13.0 Å². The fourth-order valence-electron chi connectivity index (χ4n) is 8.73. The van der Waals surface area contributed by atoms with Crippen LogP contribution < -0.4 is 19.6 Å². The lowest BCUT2D eigenvalue weighted by atomic mass is 9.59. The molecule has 3 aliphatic heterocycles. The van der Waals surface area contributed by atoms with Crippen LogP contribution in [0.2, 0.25) is 0 Å². The van der Waals surface area contributed by atoms with Gasteiger partial charge in [-0.25, -0.2) is 4.79 Å². The third-order valence-corrected chi connectivity index (χ3v) is 12.4. The van der Waals surface area contributed by atoms with E-state index >= 15 is 0 Å². The molecule has 0 radical (unpaired) electrons. The molecule has 2 bridgehead atoms. The molecule has 4 heterocycles. The van der Waals surface area contributed by atoms with Crippen LogP contribution in [0, 0.1) is 5.41 Å². The Bertz CT molecular complexity index is 2250. The number of aliphatic hydroxyl groups excluding tert-OH is 8. The van der Waals surface area contributed by atoms with Crippen LogP contribution in [0.3, 0.4) is 0 Å². The van der Waals surface area contributed by atoms with Gasteiger partial charge in [0.1, 0.15) is 82.1 Å². The maximum absolute atomic E-state index is 14.0. The van der Waals surface area contributed by atoms with E-state index in [1.807, 2.05) is 6.92 Å². The molecule has 1 aliphatic carbocycles. The van der Waals surface area contributed by atoms with Crippen molar-refractivity contribution in [3.63, 3.8) is 0 Å². The Morgan fingerprint density at radius 2 is 1.51 bits per heavy atom. The smallest absolute Gasteiger partial charge is 0.331 e. The van der Waals surface area contributed by atoms with Gasteiger partial charge in [0.15, 0.2) is 11.9 Å². The number of phenolic OH excluding ortho intramolecular Hbond substituents is 1. The highest BCUT2D eigenvalue weighted by atomic mass is 16.7. The van der Waals surface area contributed by atoms with Crippen LogP contribution in [0.4, 0.5) is 0 Å². The maximum atomic E-state index is 14.0. The third-order valence-electron chi connectivity index (χ3n) is 12.4. The Hall–Kier alpha value is -4.68. The van der Waals surface area contributed by atoms with Crippen molar-refractivity contribution in [3.05, 3.63) is 70.4 Å². The summed E-state index contributed by atoms with van der Waals surface area (Å²) >= 11 is 0. The summed E-state index contributed by atoms with van der Waals surface area (Å²) in [5.41, 5.74) is -3.97. The lowest BCUT2D eigenvalue weighted by molar-refractivity contribution is -0.281. The minimum atomic E-state index is -1.92. The lowest BCUT2D eigenvalue weighted by Gasteiger charge is -2.49. The van der Waals surface area contributed by atoms with E-state index < -0.39 is 120 Å². The Morgan fingerprint density at radius 1 is 0.857 bits per heavy atom. The molecule has 0 amide bonds. The van der Waals surface area contributed by atoms with Gasteiger partial charge in [-0.05, 0) is 56.2 Å². The first-order valence-electron chi connectivity index (χ1n) is 20.1. The number of esters is 1. The molecule has 344 valence electrons. The van der Waals surface area contributed by atoms with Crippen LogP contribution in [0.15, 0.2) is 69.4 Å². The fourth-order valence-corrected chi connectivity index (χ4v) is 8.73. The standard InChI is InChI=1S/C43H52O20/c1-19(9-10-43(55)41(2)14-21(46)15-42(43,3)57-18-41)11-28(48)62-38-34(53)31(50)27(17-45)61-40(38)58-22-7-5-20(6-8-22)36-37(63-39-35(54)33(52)30(49)26(16-44)60-39)32(51)29-24(47)12-23(56-4)13-25(29)59-36/h5-13,21,26-27,30-31,33-35,38-40,44-47,49-50,52-55H,14-18H2,1-4H3/b10-9+,19-11+. The van der Waals surface area contributed by atoms with E-state index in [1.165, 1.54) is 49.6 Å². The van der Waals surface area contributed by atoms with Crippen LogP contribution >= 0.6 is 0 Å². The number of hydrogen-bond donors (Lipinski definition) is 10. The number of hydrogen-bond acceptors (Lipinski definition) is 20. The minimum absolute atomic E-state index is 0.0169. The second-order valence-corrected chi connectivity index (χ2v) is 16.8. The van der Waals surface area contributed by atoms with E-state index in [0.29, 0.717) is 12.0 Å². The van der Waals surface area contributed by atoms with Gasteiger partial charge in [0.05, 0.1) is 33.0 Å². The number of ether oxygens (including phenoxy) is 7. The molecule has 4 aliphatic rings. The number of methoxy groups -OCH3 is 1. The van der Waals surface area contributed by atoms with E-state index in [1.54, 1.807) is 13.8 Å². The van der Waals surface area contributed by atoms with Crippen LogP contribution in [0.25, 0.3) is 22.3 Å². The zero-order chi connectivity index (χ0) is 45.8. The van der Waals surface area contributed by atoms with Gasteiger partial charge in [0.2, 0.25) is 23.8 Å². The first-order chi connectivity index (χ1) is 29.8. The number of fused-ring (bicyclic) bond motifs is 3. The number of carbonyl (C=O) groups is 1. The molecular weight excluding hydrogens is 836 g/mol. The van der Waals surface area contributed by atoms with Gasteiger partial charge in [-0.2, -0.15) is 0 Å². The summed E-state index contributed by atoms with van der Waals surface area (Å²) < 4.78 is 45.7. The highest BCUT2D eigenvalue weighted by molar-refractivity contribution is 5.88. The number of rotatable bonds is 12. The average Bonchev–Trinajstić information content (AvgIpc) is 3.33. The molecule has 2 aromatic carbocycles. The van der Waals surface area contributed by atoms with Gasteiger partial charge < -0.3 is 88.6 Å². The highest BCUT2D eigenvalue weighted by Crippen LogP contribution is 2.57. The number of phenols is 1. The Labute approximate surface area is 359 Å². The first kappa shape index (κ1) is 46.3. The van der Waals surface area contributed by atoms with Crippen molar-refractivity contribution in [3.8, 4) is 34.3 Å². The van der Waals surface area contributed by atoms with E-state index in [2.05, 4.69) is 0 Å². The minimum Gasteiger partial charge on any atom is -0.507 e. The summed E-state index contributed by atoms with van der Waals surface area (Å²) in [6.45, 7) is 3.78. The summed E-state index contributed by atoms with van der Waals surface area (Å²) in [5, 5.41) is 105. The van der Waals surface area contributed by atoms with Gasteiger partial charge >= 0.3 is 5.97 Å². The van der Waals surface area contributed by atoms with Crippen LogP contribution in [-0.2, 0) is 23.7 Å². The van der Waals surface area contributed by atoms with Crippen molar-refractivity contribution in [1.82, 2.24) is 0 Å². The zero-order valence-corrected chi connectivity index (χ0v) is 34.6. The van der Waals surface area contributed by atoms with E-state index in [0.717, 1.165) is 12.1 Å². The molecule has 14 atom stereocenters. The summed E-state index contributed by atoms with van der Waals surface area (Å²) in [5.74, 6) is -2.27. The molecule has 3 saturated heterocycles. The van der Waals surface area contributed by atoms with E-state index in [9.17, 15) is 60.7 Å². The first-order valence-corrected chi connectivity index (χ1v) is 20.1. The Morgan fingerprint density at radius 3 is 2.14 bits per heavy atom. The Kier molecular flexibility index (Phi) is 13.0. The van der Waals surface area contributed by atoms with Gasteiger partial charge in [0.25, 0.3) is 0 Å². The number of allylic oxidation sites excluding steroid dienone is 2. The zero-order valence-electron chi connectivity index (χ0n) is 34.6. The van der Waals surface area contributed by atoms with Crippen molar-refractivity contribution in [2.24, 2.45) is 5.41 Å². The van der Waals surface area contributed by atoms with E-state index in [4.69, 9.17) is 37.6 Å². The van der Waals surface area contributed by atoms with Crippen molar-refractivity contribution in [2.75, 3.05) is 26.9 Å². The van der Waals surface area contributed by atoms with Crippen molar-refractivity contribution in [2.45, 2.75) is 112 Å². The van der Waals surface area contributed by atoms with E-state index in [-0.39, 0.29) is 46.8 Å². The molecule has 10 N–H and O–H groups in total. The lowest BCUT2D eigenvalue weighted by Crippen LogP contribution is -2.61. The summed E-state index contributed by atoms with van der Waals surface area (Å²) in [6, 6.07) is 7.96. The number of aliphatic hydroxyl groups is 9. The van der Waals surface area contributed by atoms with Crippen molar-refractivity contribution < 1.29 is 93.4 Å². The fraction of sp³-hybridized carbons (Fsp3) is 0.535. The maximum Gasteiger partial charge on any atom is 0.331 e. The second kappa shape index (κ2) is 17.7. The molecule has 20 heteroatoms. The molecule has 3 aromatic rings. The predicted molar refractivity (Wildman–Crippen MR) is 214 cm³/mol. The highest BCUT2D eigenvalue weighted by Gasteiger charge is 2.67. The largest absolute Gasteiger partial charge is 0.507 e. The molecule has 0 spiro atoms. The summed E-state index contributed by atoms with van der Waals surface area (Å²) in [4.78, 5) is 27.3. The number of benzene rings is 2. The van der Waals surface area contributed by atoms with Crippen molar-refractivity contribution >= 4 is 16.9 Å². The molecule has 7 rings (SSSR count). The quantitative estimate of drug-likeness (QED) is 0.0609. The third kappa shape index (κ3) is 8.42. The van der Waals surface area contributed by atoms with Gasteiger partial charge in [0, 0.05) is 35.6 Å². The molecule has 1 saturated carbocycles. The molecule has 63 heavy (non-hydrogen) atoms. The average molecular weight is 889 g/mol. The van der Waals surface area contributed by atoms with Crippen LogP contribution in [0.5, 0.6) is 23.0 Å². The van der Waals surface area contributed by atoms with Gasteiger partial charge in [-0.3, -0.25) is 4.79 Å². The SMILES string of the molecule is COc1cc(O)c2c(=O)c(OC3OC(CO)C(O)C(O)C3O)c(-c3ccc(OC4OC(CO)C(O)C(O)C4OC(=O)/C=C(C)/C=C/C4(O)C5(C)COC4(C)CC(O)C5)cc3)oc2c1. The predicted octanol–water partition coefficient (Wildman–Crippen LogP) is -0.734. The molecular formula is C43H52O20. The molecule has 20 nitrogen and oxygen atoms in total. The number of aromatic hydroxyl groups is 1. The van der Waals surface area contributed by atoms with Crippen molar-refractivity contribution in [1.29, 1.82) is 0 Å². The number of carbonyl (C=O) groups excluding carboxylic acids is 1. The summed E-state index contributed by atoms with van der Waals surface area (Å²) in [6.07, 6.45) is -12.9. The topological polar surface area (TPSA) is 314 Å². The molecule has 1 aromatic heterocycles. The van der Waals surface area contributed by atoms with Gasteiger partial charge in [-0.15, -0.1) is 0 Å². The van der Waals surface area contributed by atoms with Crippen LogP contribution in [-0.4, -0.2) is 163 Å². The summed E-state index contributed by atoms with van der Waals surface area (Å²) in [7, 11) is 1.33.